The second-order valence-corrected chi connectivity index (χ2v) is 5.04. The Balaban J connectivity index is 2.37. The Labute approximate surface area is 108 Å². The number of hydrogen-bond donors (Lipinski definition) is 1. The number of carboxylic acids is 1. The molecule has 0 saturated heterocycles. The van der Waals surface area contributed by atoms with Gasteiger partial charge in [0.15, 0.2) is 0 Å². The molecule has 1 N–H and O–H groups in total. The highest BCUT2D eigenvalue weighted by atomic mass is 19.4. The van der Waals surface area contributed by atoms with Gasteiger partial charge in [-0.05, 0) is 31.4 Å². The molecule has 6 heteroatoms. The predicted octanol–water partition coefficient (Wildman–Crippen LogP) is 3.29. The first-order valence-electron chi connectivity index (χ1n) is 5.97. The van der Waals surface area contributed by atoms with Crippen molar-refractivity contribution in [3.8, 4) is 0 Å². The number of aryl methyl sites for hydroxylation is 1. The summed E-state index contributed by atoms with van der Waals surface area (Å²) in [7, 11) is 0. The highest BCUT2D eigenvalue weighted by molar-refractivity contribution is 5.68. The van der Waals surface area contributed by atoms with Crippen molar-refractivity contribution in [1.29, 1.82) is 0 Å². The van der Waals surface area contributed by atoms with Crippen molar-refractivity contribution in [3.63, 3.8) is 0 Å². The zero-order valence-corrected chi connectivity index (χ0v) is 10.4. The number of aliphatic carboxylic acids is 1. The normalized spacial score (nSPS) is 18.9. The molecule has 1 saturated carbocycles. The Morgan fingerprint density at radius 2 is 2.11 bits per heavy atom. The van der Waals surface area contributed by atoms with E-state index in [1.54, 1.807) is 19.1 Å². The number of nitrogens with zero attached hydrogens (tertiary/aromatic N) is 1. The molecule has 1 aliphatic rings. The first-order valence-corrected chi connectivity index (χ1v) is 5.97. The fourth-order valence-electron chi connectivity index (χ4n) is 2.46. The van der Waals surface area contributed by atoms with E-state index in [-0.39, 0.29) is 12.8 Å². The average molecular weight is 273 g/mol. The maximum Gasteiger partial charge on any atom is 0.395 e. The van der Waals surface area contributed by atoms with Crippen LogP contribution in [-0.4, -0.2) is 22.2 Å². The van der Waals surface area contributed by atoms with Crippen molar-refractivity contribution < 1.29 is 23.1 Å². The van der Waals surface area contributed by atoms with Gasteiger partial charge in [-0.3, -0.25) is 9.78 Å². The molecule has 1 aliphatic carbocycles. The lowest BCUT2D eigenvalue weighted by Crippen LogP contribution is -2.32. The predicted molar refractivity (Wildman–Crippen MR) is 61.7 cm³/mol. The van der Waals surface area contributed by atoms with E-state index in [1.807, 2.05) is 0 Å². The van der Waals surface area contributed by atoms with Crippen LogP contribution in [0.15, 0.2) is 18.3 Å². The van der Waals surface area contributed by atoms with Gasteiger partial charge in [0.2, 0.25) is 0 Å². The molecule has 0 unspecified atom stereocenters. The van der Waals surface area contributed by atoms with Crippen molar-refractivity contribution in [2.45, 2.75) is 38.3 Å². The Morgan fingerprint density at radius 1 is 1.47 bits per heavy atom. The molecule has 1 aromatic rings. The van der Waals surface area contributed by atoms with E-state index in [0.717, 1.165) is 0 Å². The maximum absolute atomic E-state index is 13.1. The summed E-state index contributed by atoms with van der Waals surface area (Å²) in [5.74, 6) is -2.28. The summed E-state index contributed by atoms with van der Waals surface area (Å²) >= 11 is 0. The van der Waals surface area contributed by atoms with Crippen LogP contribution in [0.4, 0.5) is 13.2 Å². The fraction of sp³-hybridized carbons (Fsp3) is 0.538. The van der Waals surface area contributed by atoms with E-state index in [1.165, 1.54) is 6.20 Å². The maximum atomic E-state index is 13.1. The molecule has 0 radical (unpaired) electrons. The lowest BCUT2D eigenvalue weighted by atomic mass is 9.81. The number of hydrogen-bond acceptors (Lipinski definition) is 2. The van der Waals surface area contributed by atoms with Crippen LogP contribution in [0.1, 0.15) is 36.4 Å². The number of rotatable bonds is 4. The Hall–Kier alpha value is -1.59. The van der Waals surface area contributed by atoms with Crippen molar-refractivity contribution in [2.24, 2.45) is 5.41 Å². The van der Waals surface area contributed by atoms with Crippen molar-refractivity contribution in [2.75, 3.05) is 0 Å². The molecule has 1 atom stereocenters. The van der Waals surface area contributed by atoms with E-state index < -0.39 is 29.9 Å². The fourth-order valence-corrected chi connectivity index (χ4v) is 2.46. The van der Waals surface area contributed by atoms with Gasteiger partial charge in [0, 0.05) is 17.8 Å². The van der Waals surface area contributed by atoms with Crippen molar-refractivity contribution in [3.05, 3.63) is 29.6 Å². The molecule has 0 aliphatic heterocycles. The first-order chi connectivity index (χ1) is 8.76. The molecule has 3 nitrogen and oxygen atoms in total. The van der Waals surface area contributed by atoms with Crippen LogP contribution < -0.4 is 0 Å². The molecule has 0 bridgehead atoms. The third-order valence-electron chi connectivity index (χ3n) is 3.74. The van der Waals surface area contributed by atoms with Crippen LogP contribution >= 0.6 is 0 Å². The smallest absolute Gasteiger partial charge is 0.395 e. The summed E-state index contributed by atoms with van der Waals surface area (Å²) in [5.41, 5.74) is -0.847. The largest absolute Gasteiger partial charge is 0.481 e. The standard InChI is InChI=1S/C13H14F3NO2/c1-8-2-3-9(7-17-8)10(6-11(18)19)12(4-5-12)13(14,15)16/h2-3,7,10H,4-6H2,1H3,(H,18,19)/t10-/m0/s1. The third-order valence-corrected chi connectivity index (χ3v) is 3.74. The summed E-state index contributed by atoms with van der Waals surface area (Å²) in [6.45, 7) is 1.73. The number of pyridine rings is 1. The number of alkyl halides is 3. The molecule has 1 aromatic heterocycles. The molecule has 0 aromatic carbocycles. The monoisotopic (exact) mass is 273 g/mol. The van der Waals surface area contributed by atoms with Crippen molar-refractivity contribution >= 4 is 5.97 Å². The van der Waals surface area contributed by atoms with E-state index in [2.05, 4.69) is 4.98 Å². The number of carboxylic acid groups (broad SMARTS) is 1. The van der Waals surface area contributed by atoms with Crippen LogP contribution in [-0.2, 0) is 4.79 Å². The summed E-state index contributed by atoms with van der Waals surface area (Å²) in [4.78, 5) is 14.8. The minimum Gasteiger partial charge on any atom is -0.481 e. The van der Waals surface area contributed by atoms with Crippen LogP contribution in [0.2, 0.25) is 0 Å². The quantitative estimate of drug-likeness (QED) is 0.915. The van der Waals surface area contributed by atoms with Gasteiger partial charge in [0.1, 0.15) is 0 Å². The molecule has 0 spiro atoms. The number of carbonyl (C=O) groups is 1. The van der Waals surface area contributed by atoms with Gasteiger partial charge in [0.05, 0.1) is 11.8 Å². The second-order valence-electron chi connectivity index (χ2n) is 5.04. The van der Waals surface area contributed by atoms with Gasteiger partial charge in [-0.2, -0.15) is 13.2 Å². The highest BCUT2D eigenvalue weighted by Gasteiger charge is 2.67. The lowest BCUT2D eigenvalue weighted by Gasteiger charge is -2.28. The molecule has 0 amide bonds. The molecule has 2 rings (SSSR count). The summed E-state index contributed by atoms with van der Waals surface area (Å²) in [6.07, 6.45) is -3.57. The number of aromatic nitrogens is 1. The average Bonchev–Trinajstić information content (AvgIpc) is 3.07. The molecular formula is C13H14F3NO2. The van der Waals surface area contributed by atoms with E-state index in [4.69, 9.17) is 5.11 Å². The molecule has 19 heavy (non-hydrogen) atoms. The van der Waals surface area contributed by atoms with E-state index in [0.29, 0.717) is 11.3 Å². The van der Waals surface area contributed by atoms with Gasteiger partial charge < -0.3 is 5.11 Å². The summed E-state index contributed by atoms with van der Waals surface area (Å²) in [5, 5.41) is 8.87. The van der Waals surface area contributed by atoms with Gasteiger partial charge in [-0.15, -0.1) is 0 Å². The van der Waals surface area contributed by atoms with Gasteiger partial charge in [0.25, 0.3) is 0 Å². The summed E-state index contributed by atoms with van der Waals surface area (Å²) < 4.78 is 39.4. The van der Waals surface area contributed by atoms with Crippen LogP contribution in [0.5, 0.6) is 0 Å². The van der Waals surface area contributed by atoms with Crippen LogP contribution in [0.3, 0.4) is 0 Å². The first kappa shape index (κ1) is 13.8. The number of halogens is 3. The molecular weight excluding hydrogens is 259 g/mol. The van der Waals surface area contributed by atoms with Gasteiger partial charge >= 0.3 is 12.1 Å². The Kier molecular flexibility index (Phi) is 3.28. The molecule has 104 valence electrons. The van der Waals surface area contributed by atoms with E-state index in [9.17, 15) is 18.0 Å². The zero-order chi connectivity index (χ0) is 14.3. The molecule has 1 heterocycles. The molecule has 1 fully saturated rings. The van der Waals surface area contributed by atoms with Crippen molar-refractivity contribution in [1.82, 2.24) is 4.98 Å². The third kappa shape index (κ3) is 2.57. The van der Waals surface area contributed by atoms with Crippen LogP contribution in [0, 0.1) is 12.3 Å². The summed E-state index contributed by atoms with van der Waals surface area (Å²) in [6, 6.07) is 3.15. The lowest BCUT2D eigenvalue weighted by molar-refractivity contribution is -0.195. The highest BCUT2D eigenvalue weighted by Crippen LogP contribution is 2.66. The van der Waals surface area contributed by atoms with E-state index >= 15 is 0 Å². The Bertz CT molecular complexity index is 478. The topological polar surface area (TPSA) is 50.2 Å². The van der Waals surface area contributed by atoms with Crippen LogP contribution in [0.25, 0.3) is 0 Å². The van der Waals surface area contributed by atoms with Gasteiger partial charge in [-0.25, -0.2) is 0 Å². The zero-order valence-electron chi connectivity index (χ0n) is 10.4. The Morgan fingerprint density at radius 3 is 2.47 bits per heavy atom. The minimum absolute atomic E-state index is 0.0116. The minimum atomic E-state index is -4.38. The van der Waals surface area contributed by atoms with Gasteiger partial charge in [-0.1, -0.05) is 6.07 Å². The second kappa shape index (κ2) is 4.51. The SMILES string of the molecule is Cc1ccc([C@H](CC(=O)O)C2(C(F)(F)F)CC2)cn1.